The van der Waals surface area contributed by atoms with Crippen LogP contribution < -0.4 is 9.64 Å². The van der Waals surface area contributed by atoms with Gasteiger partial charge in [-0.2, -0.15) is 0 Å². The lowest BCUT2D eigenvalue weighted by atomic mass is 10.1. The van der Waals surface area contributed by atoms with Crippen molar-refractivity contribution in [2.45, 2.75) is 6.92 Å². The molecular weight excluding hydrogens is 410 g/mol. The first kappa shape index (κ1) is 20.3. The molecule has 1 aliphatic heterocycles. The SMILES string of the molecule is Cc1ccc(Oc2ccc(N3C(=O)c4ccc(C#Cc5ccccc5)cc4C3=O)cc2)cc1. The molecule has 0 spiro atoms. The number of imide groups is 1. The van der Waals surface area contributed by atoms with Crippen molar-refractivity contribution in [2.75, 3.05) is 4.90 Å². The molecule has 1 aliphatic rings. The highest BCUT2D eigenvalue weighted by Crippen LogP contribution is 2.31. The van der Waals surface area contributed by atoms with Crippen molar-refractivity contribution < 1.29 is 14.3 Å². The van der Waals surface area contributed by atoms with E-state index < -0.39 is 0 Å². The van der Waals surface area contributed by atoms with Gasteiger partial charge in [-0.05, 0) is 73.7 Å². The summed E-state index contributed by atoms with van der Waals surface area (Å²) in [6.07, 6.45) is 0. The summed E-state index contributed by atoms with van der Waals surface area (Å²) in [6, 6.07) is 29.4. The van der Waals surface area contributed by atoms with E-state index in [9.17, 15) is 9.59 Å². The summed E-state index contributed by atoms with van der Waals surface area (Å²) < 4.78 is 5.84. The van der Waals surface area contributed by atoms with E-state index in [0.717, 1.165) is 16.9 Å². The van der Waals surface area contributed by atoms with Crippen LogP contribution in [0.25, 0.3) is 0 Å². The number of carbonyl (C=O) groups excluding carboxylic acids is 2. The van der Waals surface area contributed by atoms with Crippen LogP contribution in [-0.2, 0) is 0 Å². The lowest BCUT2D eigenvalue weighted by Crippen LogP contribution is -2.29. The zero-order valence-electron chi connectivity index (χ0n) is 17.9. The Bertz CT molecular complexity index is 1410. The van der Waals surface area contributed by atoms with Crippen LogP contribution in [0.15, 0.2) is 97.1 Å². The molecule has 158 valence electrons. The molecule has 0 fully saturated rings. The average molecular weight is 429 g/mol. The van der Waals surface area contributed by atoms with Gasteiger partial charge >= 0.3 is 0 Å². The van der Waals surface area contributed by atoms with Crippen LogP contribution in [0.3, 0.4) is 0 Å². The van der Waals surface area contributed by atoms with E-state index in [1.165, 1.54) is 4.90 Å². The predicted molar refractivity (Wildman–Crippen MR) is 128 cm³/mol. The lowest BCUT2D eigenvalue weighted by molar-refractivity contribution is 0.0926. The Kier molecular flexibility index (Phi) is 5.22. The minimum Gasteiger partial charge on any atom is -0.457 e. The van der Waals surface area contributed by atoms with Gasteiger partial charge in [0.1, 0.15) is 11.5 Å². The Morgan fingerprint density at radius 2 is 1.24 bits per heavy atom. The number of carbonyl (C=O) groups is 2. The molecule has 4 aromatic carbocycles. The van der Waals surface area contributed by atoms with Crippen molar-refractivity contribution in [1.29, 1.82) is 0 Å². The van der Waals surface area contributed by atoms with Gasteiger partial charge in [-0.15, -0.1) is 0 Å². The molecule has 2 amide bonds. The van der Waals surface area contributed by atoms with Crippen LogP contribution in [0.4, 0.5) is 5.69 Å². The molecule has 4 aromatic rings. The van der Waals surface area contributed by atoms with E-state index in [4.69, 9.17) is 4.74 Å². The number of benzene rings is 4. The molecule has 0 aliphatic carbocycles. The van der Waals surface area contributed by atoms with E-state index >= 15 is 0 Å². The van der Waals surface area contributed by atoms with Gasteiger partial charge in [0.25, 0.3) is 11.8 Å². The molecule has 0 saturated carbocycles. The second-order valence-electron chi connectivity index (χ2n) is 7.73. The third-order valence-corrected chi connectivity index (χ3v) is 5.36. The van der Waals surface area contributed by atoms with E-state index in [2.05, 4.69) is 11.8 Å². The summed E-state index contributed by atoms with van der Waals surface area (Å²) in [5.74, 6) is 6.79. The monoisotopic (exact) mass is 429 g/mol. The molecule has 0 unspecified atom stereocenters. The van der Waals surface area contributed by atoms with Gasteiger partial charge in [-0.1, -0.05) is 47.7 Å². The zero-order valence-corrected chi connectivity index (χ0v) is 17.9. The van der Waals surface area contributed by atoms with Crippen LogP contribution in [0.2, 0.25) is 0 Å². The predicted octanol–water partition coefficient (Wildman–Crippen LogP) is 5.99. The molecule has 4 nitrogen and oxygen atoms in total. The number of hydrogen-bond donors (Lipinski definition) is 0. The van der Waals surface area contributed by atoms with Crippen molar-refractivity contribution in [3.63, 3.8) is 0 Å². The Balaban J connectivity index is 1.37. The highest BCUT2D eigenvalue weighted by atomic mass is 16.5. The summed E-state index contributed by atoms with van der Waals surface area (Å²) >= 11 is 0. The standard InChI is InChI=1S/C29H19NO3/c1-20-7-14-24(15-8-20)33-25-16-12-23(13-17-25)30-28(31)26-18-11-22(19-27(26)29(30)32)10-9-21-5-3-2-4-6-21/h2-8,11-19H,1H3. The molecule has 0 bridgehead atoms. The molecule has 4 heteroatoms. The molecule has 0 saturated heterocycles. The fourth-order valence-electron chi connectivity index (χ4n) is 3.62. The number of nitrogens with zero attached hydrogens (tertiary/aromatic N) is 1. The Morgan fingerprint density at radius 1 is 0.636 bits per heavy atom. The minimum absolute atomic E-state index is 0.343. The van der Waals surface area contributed by atoms with Crippen LogP contribution in [0.5, 0.6) is 11.5 Å². The molecule has 0 atom stereocenters. The quantitative estimate of drug-likeness (QED) is 0.297. The fourth-order valence-corrected chi connectivity index (χ4v) is 3.62. The molecule has 0 aromatic heterocycles. The second-order valence-corrected chi connectivity index (χ2v) is 7.73. The van der Waals surface area contributed by atoms with Crippen LogP contribution in [0.1, 0.15) is 37.4 Å². The molecule has 0 radical (unpaired) electrons. The van der Waals surface area contributed by atoms with E-state index in [1.54, 1.807) is 42.5 Å². The summed E-state index contributed by atoms with van der Waals surface area (Å²) in [7, 11) is 0. The number of anilines is 1. The summed E-state index contributed by atoms with van der Waals surface area (Å²) in [4.78, 5) is 27.2. The number of aryl methyl sites for hydroxylation is 1. The van der Waals surface area contributed by atoms with E-state index in [1.807, 2.05) is 61.5 Å². The summed E-state index contributed by atoms with van der Waals surface area (Å²) in [5, 5.41) is 0. The van der Waals surface area contributed by atoms with Crippen molar-refractivity contribution >= 4 is 17.5 Å². The molecule has 33 heavy (non-hydrogen) atoms. The first-order valence-electron chi connectivity index (χ1n) is 10.5. The largest absolute Gasteiger partial charge is 0.457 e. The maximum absolute atomic E-state index is 13.1. The van der Waals surface area contributed by atoms with Crippen LogP contribution in [-0.4, -0.2) is 11.8 Å². The second kappa shape index (κ2) is 8.49. The van der Waals surface area contributed by atoms with Gasteiger partial charge < -0.3 is 4.74 Å². The maximum Gasteiger partial charge on any atom is 0.266 e. The fraction of sp³-hybridized carbons (Fsp3) is 0.0345. The highest BCUT2D eigenvalue weighted by molar-refractivity contribution is 6.34. The molecule has 5 rings (SSSR count). The Labute approximate surface area is 192 Å². The van der Waals surface area contributed by atoms with Gasteiger partial charge in [-0.3, -0.25) is 9.59 Å². The summed E-state index contributed by atoms with van der Waals surface area (Å²) in [5.41, 5.74) is 3.95. The van der Waals surface area contributed by atoms with Crippen LogP contribution >= 0.6 is 0 Å². The first-order chi connectivity index (χ1) is 16.1. The normalized spacial score (nSPS) is 12.2. The third-order valence-electron chi connectivity index (χ3n) is 5.36. The smallest absolute Gasteiger partial charge is 0.266 e. The van der Waals surface area contributed by atoms with Gasteiger partial charge in [0.15, 0.2) is 0 Å². The minimum atomic E-state index is -0.356. The highest BCUT2D eigenvalue weighted by Gasteiger charge is 2.36. The molecular formula is C29H19NO3. The Hall–Kier alpha value is -4.62. The zero-order chi connectivity index (χ0) is 22.8. The number of ether oxygens (including phenoxy) is 1. The van der Waals surface area contributed by atoms with Crippen molar-refractivity contribution in [3.8, 4) is 23.3 Å². The topological polar surface area (TPSA) is 46.6 Å². The number of hydrogen-bond acceptors (Lipinski definition) is 3. The van der Waals surface area contributed by atoms with Crippen molar-refractivity contribution in [2.24, 2.45) is 0 Å². The first-order valence-corrected chi connectivity index (χ1v) is 10.5. The summed E-state index contributed by atoms with van der Waals surface area (Å²) in [6.45, 7) is 2.01. The molecule has 1 heterocycles. The van der Waals surface area contributed by atoms with Gasteiger partial charge in [0, 0.05) is 11.1 Å². The van der Waals surface area contributed by atoms with E-state index in [-0.39, 0.29) is 11.8 Å². The van der Waals surface area contributed by atoms with Crippen molar-refractivity contribution in [3.05, 3.63) is 125 Å². The molecule has 0 N–H and O–H groups in total. The lowest BCUT2D eigenvalue weighted by Gasteiger charge is -2.14. The van der Waals surface area contributed by atoms with Gasteiger partial charge in [0.2, 0.25) is 0 Å². The van der Waals surface area contributed by atoms with E-state index in [0.29, 0.717) is 28.1 Å². The third kappa shape index (κ3) is 4.13. The number of rotatable bonds is 3. The average Bonchev–Trinajstić information content (AvgIpc) is 3.10. The Morgan fingerprint density at radius 3 is 1.94 bits per heavy atom. The van der Waals surface area contributed by atoms with Crippen LogP contribution in [0, 0.1) is 18.8 Å². The van der Waals surface area contributed by atoms with Gasteiger partial charge in [-0.25, -0.2) is 4.90 Å². The number of fused-ring (bicyclic) bond motifs is 1. The van der Waals surface area contributed by atoms with Gasteiger partial charge in [0.05, 0.1) is 16.8 Å². The van der Waals surface area contributed by atoms with Crippen molar-refractivity contribution in [1.82, 2.24) is 0 Å². The maximum atomic E-state index is 13.1. The number of amides is 2.